The lowest BCUT2D eigenvalue weighted by Crippen LogP contribution is -2.35. The first-order valence-corrected chi connectivity index (χ1v) is 8.52. The number of ether oxygens (including phenoxy) is 2. The van der Waals surface area contributed by atoms with Crippen molar-refractivity contribution in [1.29, 1.82) is 0 Å². The highest BCUT2D eigenvalue weighted by atomic mass is 16.6. The second kappa shape index (κ2) is 9.22. The van der Waals surface area contributed by atoms with Crippen LogP contribution in [0, 0.1) is 13.8 Å². The quantitative estimate of drug-likeness (QED) is 0.757. The van der Waals surface area contributed by atoms with Gasteiger partial charge in [0.15, 0.2) is 6.10 Å². The normalized spacial score (nSPS) is 12.1. The third-order valence-corrected chi connectivity index (χ3v) is 3.31. The molecule has 7 nitrogen and oxygen atoms in total. The van der Waals surface area contributed by atoms with Crippen LogP contribution in [0.15, 0.2) is 18.2 Å². The Hall–Kier alpha value is -2.57. The second-order valence-corrected chi connectivity index (χ2v) is 7.12. The van der Waals surface area contributed by atoms with Gasteiger partial charge >= 0.3 is 12.1 Å². The predicted octanol–water partition coefficient (Wildman–Crippen LogP) is 3.09. The molecule has 7 heteroatoms. The molecule has 1 rings (SSSR count). The van der Waals surface area contributed by atoms with Crippen molar-refractivity contribution < 1.29 is 23.9 Å². The molecule has 0 aliphatic rings. The third-order valence-electron chi connectivity index (χ3n) is 3.31. The molecular formula is C19H28N2O5. The fourth-order valence-corrected chi connectivity index (χ4v) is 2.08. The van der Waals surface area contributed by atoms with Crippen molar-refractivity contribution >= 4 is 23.7 Å². The van der Waals surface area contributed by atoms with Gasteiger partial charge in [-0.15, -0.1) is 0 Å². The minimum Gasteiger partial charge on any atom is -0.452 e. The molecule has 0 heterocycles. The number of rotatable bonds is 6. The van der Waals surface area contributed by atoms with E-state index in [4.69, 9.17) is 9.47 Å². The molecule has 26 heavy (non-hydrogen) atoms. The second-order valence-electron chi connectivity index (χ2n) is 7.12. The maximum Gasteiger partial charge on any atom is 0.407 e. The van der Waals surface area contributed by atoms with Crippen molar-refractivity contribution in [2.75, 3.05) is 11.9 Å². The fourth-order valence-electron chi connectivity index (χ4n) is 2.08. The van der Waals surface area contributed by atoms with Crippen LogP contribution in [0.2, 0.25) is 0 Å². The number of hydrogen-bond donors (Lipinski definition) is 2. The van der Waals surface area contributed by atoms with Gasteiger partial charge in [-0.25, -0.2) is 4.79 Å². The highest BCUT2D eigenvalue weighted by Gasteiger charge is 2.19. The number of carbonyl (C=O) groups excluding carboxylic acids is 3. The standard InChI is InChI=1S/C19H28N2O5/c1-12-7-8-15(13(2)11-12)21-17(23)14(3)25-16(22)9-10-20-18(24)26-19(4,5)6/h7-8,11,14H,9-10H2,1-6H3,(H,20,24)(H,21,23). The van der Waals surface area contributed by atoms with Gasteiger partial charge in [0.1, 0.15) is 5.60 Å². The molecule has 1 unspecified atom stereocenters. The lowest BCUT2D eigenvalue weighted by molar-refractivity contribution is -0.153. The minimum atomic E-state index is -0.940. The molecule has 2 N–H and O–H groups in total. The van der Waals surface area contributed by atoms with Crippen LogP contribution < -0.4 is 10.6 Å². The van der Waals surface area contributed by atoms with E-state index in [2.05, 4.69) is 10.6 Å². The van der Waals surface area contributed by atoms with Crippen molar-refractivity contribution in [2.45, 2.75) is 59.7 Å². The van der Waals surface area contributed by atoms with Crippen LogP contribution in [-0.2, 0) is 19.1 Å². The monoisotopic (exact) mass is 364 g/mol. The summed E-state index contributed by atoms with van der Waals surface area (Å²) in [5.74, 6) is -0.991. The lowest BCUT2D eigenvalue weighted by atomic mass is 10.1. The average molecular weight is 364 g/mol. The summed E-state index contributed by atoms with van der Waals surface area (Å²) in [6.45, 7) is 10.7. The average Bonchev–Trinajstić information content (AvgIpc) is 2.48. The van der Waals surface area contributed by atoms with Crippen LogP contribution in [0.25, 0.3) is 0 Å². The maximum atomic E-state index is 12.1. The molecule has 1 atom stereocenters. The van der Waals surface area contributed by atoms with Gasteiger partial charge in [0, 0.05) is 12.2 Å². The number of amides is 2. The van der Waals surface area contributed by atoms with E-state index in [0.717, 1.165) is 11.1 Å². The van der Waals surface area contributed by atoms with Gasteiger partial charge in [0.25, 0.3) is 5.91 Å². The van der Waals surface area contributed by atoms with E-state index in [1.54, 1.807) is 20.8 Å². The van der Waals surface area contributed by atoms with Gasteiger partial charge in [-0.2, -0.15) is 0 Å². The van der Waals surface area contributed by atoms with Crippen molar-refractivity contribution in [3.8, 4) is 0 Å². The summed E-state index contributed by atoms with van der Waals surface area (Å²) >= 11 is 0. The fraction of sp³-hybridized carbons (Fsp3) is 0.526. The van der Waals surface area contributed by atoms with E-state index in [-0.39, 0.29) is 13.0 Å². The summed E-state index contributed by atoms with van der Waals surface area (Å²) in [5, 5.41) is 5.20. The van der Waals surface area contributed by atoms with Gasteiger partial charge in [-0.1, -0.05) is 17.7 Å². The minimum absolute atomic E-state index is 0.0551. The lowest BCUT2D eigenvalue weighted by Gasteiger charge is -2.19. The van der Waals surface area contributed by atoms with Gasteiger partial charge in [-0.3, -0.25) is 9.59 Å². The first-order valence-electron chi connectivity index (χ1n) is 8.52. The topological polar surface area (TPSA) is 93.7 Å². The molecule has 0 spiro atoms. The number of alkyl carbamates (subject to hydrolysis) is 1. The van der Waals surface area contributed by atoms with Gasteiger partial charge in [-0.05, 0) is 53.2 Å². The van der Waals surface area contributed by atoms with Crippen molar-refractivity contribution in [2.24, 2.45) is 0 Å². The van der Waals surface area contributed by atoms with Crippen LogP contribution in [0.4, 0.5) is 10.5 Å². The molecule has 2 amide bonds. The van der Waals surface area contributed by atoms with Crippen LogP contribution >= 0.6 is 0 Å². The summed E-state index contributed by atoms with van der Waals surface area (Å²) in [7, 11) is 0. The predicted molar refractivity (Wildman–Crippen MR) is 99.0 cm³/mol. The Morgan fingerprint density at radius 2 is 1.81 bits per heavy atom. The summed E-state index contributed by atoms with van der Waals surface area (Å²) in [5.41, 5.74) is 2.09. The Balaban J connectivity index is 2.39. The number of aryl methyl sites for hydroxylation is 2. The van der Waals surface area contributed by atoms with E-state index in [9.17, 15) is 14.4 Å². The van der Waals surface area contributed by atoms with E-state index >= 15 is 0 Å². The Morgan fingerprint density at radius 3 is 2.38 bits per heavy atom. The zero-order chi connectivity index (χ0) is 19.9. The number of hydrogen-bond acceptors (Lipinski definition) is 5. The zero-order valence-corrected chi connectivity index (χ0v) is 16.3. The van der Waals surface area contributed by atoms with E-state index in [1.807, 2.05) is 32.0 Å². The van der Waals surface area contributed by atoms with Crippen LogP contribution in [-0.4, -0.2) is 36.2 Å². The Labute approximate surface area is 154 Å². The summed E-state index contributed by atoms with van der Waals surface area (Å²) in [6.07, 6.45) is -1.60. The Kier molecular flexibility index (Phi) is 7.61. The number of nitrogens with one attached hydrogen (secondary N) is 2. The van der Waals surface area contributed by atoms with E-state index < -0.39 is 29.7 Å². The van der Waals surface area contributed by atoms with Crippen molar-refractivity contribution in [1.82, 2.24) is 5.32 Å². The van der Waals surface area contributed by atoms with Gasteiger partial charge in [0.05, 0.1) is 6.42 Å². The maximum absolute atomic E-state index is 12.1. The molecule has 0 saturated carbocycles. The highest BCUT2D eigenvalue weighted by Crippen LogP contribution is 2.16. The molecule has 144 valence electrons. The first-order chi connectivity index (χ1) is 12.0. The largest absolute Gasteiger partial charge is 0.452 e. The zero-order valence-electron chi connectivity index (χ0n) is 16.3. The van der Waals surface area contributed by atoms with Gasteiger partial charge in [0.2, 0.25) is 0 Å². The van der Waals surface area contributed by atoms with Crippen LogP contribution in [0.5, 0.6) is 0 Å². The van der Waals surface area contributed by atoms with E-state index in [0.29, 0.717) is 5.69 Å². The van der Waals surface area contributed by atoms with Crippen molar-refractivity contribution in [3.63, 3.8) is 0 Å². The molecule has 1 aromatic carbocycles. The molecule has 0 fully saturated rings. The Bertz CT molecular complexity index is 664. The molecule has 0 bridgehead atoms. The highest BCUT2D eigenvalue weighted by molar-refractivity contribution is 5.95. The number of esters is 1. The van der Waals surface area contributed by atoms with Crippen LogP contribution in [0.3, 0.4) is 0 Å². The molecule has 0 saturated heterocycles. The van der Waals surface area contributed by atoms with Gasteiger partial charge < -0.3 is 20.1 Å². The summed E-state index contributed by atoms with van der Waals surface area (Å²) in [4.78, 5) is 35.4. The van der Waals surface area contributed by atoms with Crippen LogP contribution in [0.1, 0.15) is 45.2 Å². The molecule has 0 aliphatic heterocycles. The number of carbonyl (C=O) groups is 3. The first kappa shape index (κ1) is 21.5. The number of anilines is 1. The molecule has 0 aromatic heterocycles. The molecule has 1 aromatic rings. The molecular weight excluding hydrogens is 336 g/mol. The third kappa shape index (κ3) is 8.00. The van der Waals surface area contributed by atoms with Crippen molar-refractivity contribution in [3.05, 3.63) is 29.3 Å². The molecule has 0 aliphatic carbocycles. The SMILES string of the molecule is Cc1ccc(NC(=O)C(C)OC(=O)CCNC(=O)OC(C)(C)C)c(C)c1. The summed E-state index contributed by atoms with van der Waals surface area (Å²) in [6, 6.07) is 5.65. The summed E-state index contributed by atoms with van der Waals surface area (Å²) < 4.78 is 10.1. The smallest absolute Gasteiger partial charge is 0.407 e. The molecule has 0 radical (unpaired) electrons. The Morgan fingerprint density at radius 1 is 1.15 bits per heavy atom. The number of benzene rings is 1. The van der Waals surface area contributed by atoms with E-state index in [1.165, 1.54) is 6.92 Å².